The van der Waals surface area contributed by atoms with Crippen molar-refractivity contribution in [1.82, 2.24) is 0 Å². The Labute approximate surface area is 304 Å². The van der Waals surface area contributed by atoms with E-state index in [0.29, 0.717) is 4.83 Å². The van der Waals surface area contributed by atoms with Crippen molar-refractivity contribution in [2.75, 3.05) is 9.80 Å². The van der Waals surface area contributed by atoms with Crippen LogP contribution in [0.1, 0.15) is 59.1 Å². The lowest BCUT2D eigenvalue weighted by molar-refractivity contribution is 0.590. The van der Waals surface area contributed by atoms with Crippen LogP contribution >= 0.6 is 31.9 Å². The number of rotatable bonds is 7. The van der Waals surface area contributed by atoms with Crippen molar-refractivity contribution < 1.29 is 0 Å². The minimum absolute atomic E-state index is 0.104. The molecular weight excluding hydrogens is 716 g/mol. The van der Waals surface area contributed by atoms with E-state index < -0.39 is 0 Å². The minimum atomic E-state index is 0.104. The van der Waals surface area contributed by atoms with Gasteiger partial charge in [-0.1, -0.05) is 134 Å². The highest BCUT2D eigenvalue weighted by atomic mass is 79.9. The van der Waals surface area contributed by atoms with Crippen molar-refractivity contribution in [3.8, 4) is 11.1 Å². The molecule has 0 fully saturated rings. The number of benzene rings is 5. The van der Waals surface area contributed by atoms with Crippen molar-refractivity contribution in [2.24, 2.45) is 0 Å². The smallest absolute Gasteiger partial charge is 0.0462 e. The van der Waals surface area contributed by atoms with Crippen molar-refractivity contribution in [3.05, 3.63) is 161 Å². The van der Waals surface area contributed by atoms with E-state index in [4.69, 9.17) is 0 Å². The average molecular weight is 761 g/mol. The summed E-state index contributed by atoms with van der Waals surface area (Å²) in [6.07, 6.45) is 7.74. The summed E-state index contributed by atoms with van der Waals surface area (Å²) >= 11 is 7.35. The second kappa shape index (κ2) is 13.9. The van der Waals surface area contributed by atoms with E-state index in [1.54, 1.807) is 0 Å². The Hall–Kier alpha value is -3.86. The minimum Gasteiger partial charge on any atom is -0.311 e. The average Bonchev–Trinajstić information content (AvgIpc) is 3.07. The van der Waals surface area contributed by atoms with Crippen LogP contribution in [0.25, 0.3) is 11.1 Å². The second-order valence-electron chi connectivity index (χ2n) is 14.6. The molecule has 2 nitrogen and oxygen atoms in total. The van der Waals surface area contributed by atoms with Gasteiger partial charge in [0.15, 0.2) is 0 Å². The highest BCUT2D eigenvalue weighted by Crippen LogP contribution is 2.39. The van der Waals surface area contributed by atoms with Gasteiger partial charge in [-0.15, -0.1) is 0 Å². The summed E-state index contributed by atoms with van der Waals surface area (Å²) in [5.74, 6) is 0. The summed E-state index contributed by atoms with van der Waals surface area (Å²) in [7, 11) is 0. The van der Waals surface area contributed by atoms with Gasteiger partial charge in [-0.05, 0) is 118 Å². The molecule has 0 spiro atoms. The maximum absolute atomic E-state index is 3.74. The first kappa shape index (κ1) is 34.0. The lowest BCUT2D eigenvalue weighted by atomic mass is 9.87. The summed E-state index contributed by atoms with van der Waals surface area (Å²) in [5.41, 5.74) is 12.1. The van der Waals surface area contributed by atoms with Crippen LogP contribution in [0.3, 0.4) is 0 Å². The van der Waals surface area contributed by atoms with E-state index in [0.717, 1.165) is 39.3 Å². The summed E-state index contributed by atoms with van der Waals surface area (Å²) in [6, 6.07) is 44.3. The third kappa shape index (κ3) is 7.72. The Bertz CT molecular complexity index is 1890. The number of anilines is 5. The van der Waals surface area contributed by atoms with Crippen LogP contribution in [0.5, 0.6) is 0 Å². The molecule has 0 N–H and O–H groups in total. The zero-order valence-corrected chi connectivity index (χ0v) is 31.9. The van der Waals surface area contributed by atoms with Gasteiger partial charge in [0, 0.05) is 43.4 Å². The number of hydrogen-bond acceptors (Lipinski definition) is 2. The fraction of sp³-hybridized carbons (Fsp3) is 0.227. The Kier molecular flexibility index (Phi) is 9.88. The molecule has 1 aliphatic carbocycles. The maximum atomic E-state index is 3.74. The van der Waals surface area contributed by atoms with Gasteiger partial charge in [0.1, 0.15) is 0 Å². The molecule has 0 saturated heterocycles. The van der Waals surface area contributed by atoms with Crippen molar-refractivity contribution in [3.63, 3.8) is 0 Å². The molecule has 48 heavy (non-hydrogen) atoms. The lowest BCUT2D eigenvalue weighted by Crippen LogP contribution is -2.18. The summed E-state index contributed by atoms with van der Waals surface area (Å²) in [5, 5.41) is 0. The largest absolute Gasteiger partial charge is 0.311 e. The molecule has 0 heterocycles. The fourth-order valence-electron chi connectivity index (χ4n) is 6.06. The predicted molar refractivity (Wildman–Crippen MR) is 215 cm³/mol. The Balaban J connectivity index is 1.30. The van der Waals surface area contributed by atoms with Crippen LogP contribution in [0.4, 0.5) is 28.4 Å². The molecule has 0 aromatic heterocycles. The number of allylic oxidation sites excluding steroid dienone is 3. The van der Waals surface area contributed by atoms with E-state index in [1.807, 2.05) is 0 Å². The summed E-state index contributed by atoms with van der Waals surface area (Å²) < 4.78 is 1.07. The molecular formula is C44H44Br2N2. The molecule has 0 aliphatic heterocycles. The lowest BCUT2D eigenvalue weighted by Gasteiger charge is -2.29. The van der Waals surface area contributed by atoms with Crippen LogP contribution in [0.15, 0.2) is 150 Å². The Morgan fingerprint density at radius 3 is 1.21 bits per heavy atom. The van der Waals surface area contributed by atoms with Crippen LogP contribution in [0.2, 0.25) is 0 Å². The van der Waals surface area contributed by atoms with Crippen LogP contribution in [-0.4, -0.2) is 4.83 Å². The fourth-order valence-corrected chi connectivity index (χ4v) is 6.66. The van der Waals surface area contributed by atoms with E-state index in [9.17, 15) is 0 Å². The van der Waals surface area contributed by atoms with E-state index in [-0.39, 0.29) is 10.8 Å². The quantitative estimate of drug-likeness (QED) is 0.152. The van der Waals surface area contributed by atoms with Crippen molar-refractivity contribution in [2.45, 2.75) is 63.6 Å². The van der Waals surface area contributed by atoms with E-state index in [1.165, 1.54) is 28.0 Å². The maximum Gasteiger partial charge on any atom is 0.0462 e. The van der Waals surface area contributed by atoms with Gasteiger partial charge < -0.3 is 9.80 Å². The topological polar surface area (TPSA) is 6.48 Å². The zero-order valence-electron chi connectivity index (χ0n) is 28.7. The number of halogens is 2. The molecule has 0 saturated carbocycles. The first-order valence-corrected chi connectivity index (χ1v) is 18.4. The predicted octanol–water partition coefficient (Wildman–Crippen LogP) is 13.9. The number of alkyl halides is 1. The van der Waals surface area contributed by atoms with E-state index >= 15 is 0 Å². The first-order valence-electron chi connectivity index (χ1n) is 16.7. The van der Waals surface area contributed by atoms with E-state index in [2.05, 4.69) is 223 Å². The second-order valence-corrected chi connectivity index (χ2v) is 16.7. The molecule has 6 rings (SSSR count). The molecule has 1 unspecified atom stereocenters. The van der Waals surface area contributed by atoms with Crippen LogP contribution in [-0.2, 0) is 10.8 Å². The van der Waals surface area contributed by atoms with Crippen molar-refractivity contribution in [1.29, 1.82) is 0 Å². The molecule has 0 radical (unpaired) electrons. The van der Waals surface area contributed by atoms with Gasteiger partial charge in [0.05, 0.1) is 0 Å². The summed E-state index contributed by atoms with van der Waals surface area (Å²) in [4.78, 5) is 5.05. The van der Waals surface area contributed by atoms with Crippen molar-refractivity contribution >= 4 is 60.3 Å². The molecule has 5 aromatic carbocycles. The number of nitrogens with zero attached hydrogens (tertiary/aromatic N) is 2. The first-order chi connectivity index (χ1) is 22.9. The van der Waals surface area contributed by atoms with Gasteiger partial charge in [-0.3, -0.25) is 0 Å². The third-order valence-electron chi connectivity index (χ3n) is 8.94. The van der Waals surface area contributed by atoms with Crippen LogP contribution < -0.4 is 9.80 Å². The Morgan fingerprint density at radius 2 is 0.854 bits per heavy atom. The van der Waals surface area contributed by atoms with Crippen LogP contribution in [0, 0.1) is 0 Å². The molecule has 0 amide bonds. The zero-order chi connectivity index (χ0) is 34.1. The van der Waals surface area contributed by atoms with Gasteiger partial charge >= 0.3 is 0 Å². The van der Waals surface area contributed by atoms with Gasteiger partial charge in [-0.2, -0.15) is 0 Å². The normalized spacial score (nSPS) is 14.8. The standard InChI is InChI=1S/C44H44Br2N2/c1-43(2,3)33-11-23-39(24-12-33)47(41-27-15-35(45)16-28-41)37-19-7-31(8-20-37)32-9-21-38(22-10-32)48(42-29-17-36(46)18-30-42)40-25-13-34(14-26-40)44(4,5)6/h7-17,19-30,36H,18H2,1-6H3. The SMILES string of the molecule is CC(C)(C)c1ccc(N(C2=CCC(Br)C=C2)c2ccc(-c3ccc(N(c4ccc(Br)cc4)c4ccc(C(C)(C)C)cc4)cc3)cc2)cc1. The molecule has 5 aromatic rings. The van der Waals surface area contributed by atoms with Gasteiger partial charge in [-0.25, -0.2) is 0 Å². The summed E-state index contributed by atoms with van der Waals surface area (Å²) in [6.45, 7) is 13.5. The highest BCUT2D eigenvalue weighted by molar-refractivity contribution is 9.10. The monoisotopic (exact) mass is 758 g/mol. The molecule has 1 atom stereocenters. The molecule has 1 aliphatic rings. The highest BCUT2D eigenvalue weighted by Gasteiger charge is 2.20. The van der Waals surface area contributed by atoms with Gasteiger partial charge in [0.25, 0.3) is 0 Å². The molecule has 244 valence electrons. The Morgan fingerprint density at radius 1 is 0.500 bits per heavy atom. The molecule has 4 heteroatoms. The third-order valence-corrected chi connectivity index (χ3v) is 10.1. The van der Waals surface area contributed by atoms with Gasteiger partial charge in [0.2, 0.25) is 0 Å². The number of hydrogen-bond donors (Lipinski definition) is 0. The molecule has 0 bridgehead atoms.